The number of fused-ring (bicyclic) bond motifs is 1. The Hall–Kier alpha value is -1.74. The monoisotopic (exact) mass is 311 g/mol. The molecular weight excluding hydrogens is 288 g/mol. The van der Waals surface area contributed by atoms with Crippen molar-refractivity contribution in [3.05, 3.63) is 46.1 Å². The Morgan fingerprint density at radius 1 is 1.14 bits per heavy atom. The number of hydrogen-bond acceptors (Lipinski definition) is 2. The Morgan fingerprint density at radius 3 is 2.55 bits per heavy atom. The van der Waals surface area contributed by atoms with E-state index in [0.717, 1.165) is 5.52 Å². The third-order valence-electron chi connectivity index (χ3n) is 4.41. The van der Waals surface area contributed by atoms with Crippen LogP contribution in [0.25, 0.3) is 21.5 Å². The lowest BCUT2D eigenvalue weighted by molar-refractivity contribution is -0.662. The Labute approximate surface area is 136 Å². The van der Waals surface area contributed by atoms with Gasteiger partial charge in [0.05, 0.1) is 7.05 Å². The first-order valence-electron chi connectivity index (χ1n) is 7.74. The Kier molecular flexibility index (Phi) is 3.77. The smallest absolute Gasteiger partial charge is 0.231 e. The van der Waals surface area contributed by atoms with Gasteiger partial charge >= 0.3 is 0 Å². The van der Waals surface area contributed by atoms with Crippen LogP contribution in [0, 0.1) is 20.8 Å². The van der Waals surface area contributed by atoms with Crippen molar-refractivity contribution >= 4 is 21.6 Å². The van der Waals surface area contributed by atoms with Gasteiger partial charge in [-0.25, -0.2) is 4.57 Å². The van der Waals surface area contributed by atoms with Crippen molar-refractivity contribution in [2.24, 2.45) is 7.05 Å². The van der Waals surface area contributed by atoms with Gasteiger partial charge in [-0.3, -0.25) is 0 Å². The number of thiophene rings is 1. The summed E-state index contributed by atoms with van der Waals surface area (Å²) >= 11 is 1.81. The maximum absolute atomic E-state index is 4.70. The van der Waals surface area contributed by atoms with Crippen LogP contribution in [-0.2, 0) is 7.05 Å². The molecule has 0 fully saturated rings. The van der Waals surface area contributed by atoms with Crippen molar-refractivity contribution in [3.63, 3.8) is 0 Å². The molecule has 22 heavy (non-hydrogen) atoms. The van der Waals surface area contributed by atoms with Crippen molar-refractivity contribution in [1.82, 2.24) is 4.98 Å². The summed E-state index contributed by atoms with van der Waals surface area (Å²) in [6.07, 6.45) is 1.95. The van der Waals surface area contributed by atoms with E-state index >= 15 is 0 Å². The average Bonchev–Trinajstić information content (AvgIpc) is 2.87. The van der Waals surface area contributed by atoms with Gasteiger partial charge in [-0.05, 0) is 54.2 Å². The summed E-state index contributed by atoms with van der Waals surface area (Å²) in [5.41, 5.74) is 9.13. The van der Waals surface area contributed by atoms with Crippen molar-refractivity contribution < 1.29 is 4.57 Å². The predicted octanol–water partition coefficient (Wildman–Crippen LogP) is 4.84. The fraction of sp³-hybridized carbons (Fsp3) is 0.368. The first kappa shape index (κ1) is 15.2. The van der Waals surface area contributed by atoms with Crippen LogP contribution in [0.1, 0.15) is 42.0 Å². The van der Waals surface area contributed by atoms with E-state index in [1.807, 2.05) is 17.7 Å². The maximum atomic E-state index is 4.70. The molecular formula is C19H23N2S+. The van der Waals surface area contributed by atoms with E-state index in [1.165, 1.54) is 38.2 Å². The zero-order valence-electron chi connectivity index (χ0n) is 14.2. The molecule has 2 aromatic heterocycles. The molecule has 0 atom stereocenters. The highest BCUT2D eigenvalue weighted by Crippen LogP contribution is 2.36. The lowest BCUT2D eigenvalue weighted by Crippen LogP contribution is -2.31. The van der Waals surface area contributed by atoms with E-state index < -0.39 is 0 Å². The molecule has 0 saturated carbocycles. The van der Waals surface area contributed by atoms with E-state index in [1.54, 1.807) is 0 Å². The minimum atomic E-state index is 0.502. The molecule has 0 unspecified atom stereocenters. The summed E-state index contributed by atoms with van der Waals surface area (Å²) in [5.74, 6) is 0.502. The SMILES string of the molecule is Cc1cc(C)c(C)c(-c2c3scc(C(C)C)c3nc[n+]2C)c1. The molecule has 2 heterocycles. The number of aromatic nitrogens is 2. The number of rotatable bonds is 2. The van der Waals surface area contributed by atoms with Crippen LogP contribution in [0.2, 0.25) is 0 Å². The third kappa shape index (κ3) is 2.34. The van der Waals surface area contributed by atoms with E-state index in [0.29, 0.717) is 5.92 Å². The van der Waals surface area contributed by atoms with Gasteiger partial charge in [0.2, 0.25) is 5.52 Å². The lowest BCUT2D eigenvalue weighted by atomic mass is 9.96. The second-order valence-electron chi connectivity index (χ2n) is 6.48. The highest BCUT2D eigenvalue weighted by Gasteiger charge is 2.22. The second kappa shape index (κ2) is 5.47. The summed E-state index contributed by atoms with van der Waals surface area (Å²) < 4.78 is 3.45. The molecule has 0 saturated heterocycles. The van der Waals surface area contributed by atoms with Gasteiger partial charge in [0.15, 0.2) is 5.69 Å². The quantitative estimate of drug-likeness (QED) is 0.619. The van der Waals surface area contributed by atoms with Crippen molar-refractivity contribution in [3.8, 4) is 11.3 Å². The van der Waals surface area contributed by atoms with Gasteiger partial charge in [0.25, 0.3) is 6.33 Å². The topological polar surface area (TPSA) is 16.8 Å². The van der Waals surface area contributed by atoms with Crippen LogP contribution < -0.4 is 4.57 Å². The summed E-state index contributed by atoms with van der Waals surface area (Å²) in [7, 11) is 2.09. The van der Waals surface area contributed by atoms with Gasteiger partial charge in [-0.15, -0.1) is 11.3 Å². The molecule has 3 aromatic rings. The van der Waals surface area contributed by atoms with Gasteiger partial charge in [-0.2, -0.15) is 0 Å². The van der Waals surface area contributed by atoms with Crippen LogP contribution >= 0.6 is 11.3 Å². The Morgan fingerprint density at radius 2 is 1.86 bits per heavy atom. The fourth-order valence-corrected chi connectivity index (χ4v) is 4.31. The second-order valence-corrected chi connectivity index (χ2v) is 7.36. The molecule has 0 aliphatic carbocycles. The standard InChI is InChI=1S/C19H23N2S/c1-11(2)16-9-22-19-17(16)20-10-21(6)18(19)15-8-12(3)7-13(4)14(15)5/h7-11H,1-6H3/q+1. The van der Waals surface area contributed by atoms with Crippen LogP contribution in [0.3, 0.4) is 0 Å². The Bertz CT molecular complexity index is 859. The van der Waals surface area contributed by atoms with E-state index in [-0.39, 0.29) is 0 Å². The van der Waals surface area contributed by atoms with Crippen molar-refractivity contribution in [1.29, 1.82) is 0 Å². The van der Waals surface area contributed by atoms with Crippen molar-refractivity contribution in [2.45, 2.75) is 40.5 Å². The van der Waals surface area contributed by atoms with Gasteiger partial charge in [-0.1, -0.05) is 25.5 Å². The molecule has 0 bridgehead atoms. The minimum absolute atomic E-state index is 0.502. The Balaban J connectivity index is 2.38. The molecule has 2 nitrogen and oxygen atoms in total. The molecule has 0 spiro atoms. The van der Waals surface area contributed by atoms with Gasteiger partial charge in [0, 0.05) is 11.1 Å². The molecule has 0 aliphatic rings. The molecule has 0 radical (unpaired) electrons. The number of nitrogens with zero attached hydrogens (tertiary/aromatic N) is 2. The van der Waals surface area contributed by atoms with Crippen molar-refractivity contribution in [2.75, 3.05) is 0 Å². The fourth-order valence-electron chi connectivity index (χ4n) is 3.04. The largest absolute Gasteiger partial charge is 0.287 e. The number of aryl methyl sites for hydroxylation is 3. The zero-order valence-corrected chi connectivity index (χ0v) is 15.0. The molecule has 1 aromatic carbocycles. The lowest BCUT2D eigenvalue weighted by Gasteiger charge is -2.11. The summed E-state index contributed by atoms with van der Waals surface area (Å²) in [6, 6.07) is 4.55. The summed E-state index contributed by atoms with van der Waals surface area (Å²) in [6.45, 7) is 11.0. The minimum Gasteiger partial charge on any atom is -0.231 e. The van der Waals surface area contributed by atoms with Crippen LogP contribution in [-0.4, -0.2) is 4.98 Å². The first-order valence-corrected chi connectivity index (χ1v) is 8.62. The first-order chi connectivity index (χ1) is 10.4. The molecule has 3 rings (SSSR count). The van der Waals surface area contributed by atoms with Gasteiger partial charge < -0.3 is 0 Å². The molecule has 0 amide bonds. The number of hydrogen-bond donors (Lipinski definition) is 0. The molecule has 0 aliphatic heterocycles. The normalized spacial score (nSPS) is 11.6. The van der Waals surface area contributed by atoms with Crippen LogP contribution in [0.15, 0.2) is 23.8 Å². The van der Waals surface area contributed by atoms with Crippen LogP contribution in [0.5, 0.6) is 0 Å². The molecule has 114 valence electrons. The summed E-state index contributed by atoms with van der Waals surface area (Å²) in [4.78, 5) is 4.70. The third-order valence-corrected chi connectivity index (χ3v) is 5.40. The summed E-state index contributed by atoms with van der Waals surface area (Å²) in [5, 5.41) is 2.27. The predicted molar refractivity (Wildman–Crippen MR) is 94.5 cm³/mol. The van der Waals surface area contributed by atoms with Gasteiger partial charge in [0.1, 0.15) is 4.70 Å². The van der Waals surface area contributed by atoms with E-state index in [9.17, 15) is 0 Å². The average molecular weight is 311 g/mol. The maximum Gasteiger partial charge on any atom is 0.287 e. The highest BCUT2D eigenvalue weighted by atomic mass is 32.1. The molecule has 0 N–H and O–H groups in total. The highest BCUT2D eigenvalue weighted by molar-refractivity contribution is 7.17. The van der Waals surface area contributed by atoms with E-state index in [2.05, 4.69) is 63.7 Å². The number of benzene rings is 1. The van der Waals surface area contributed by atoms with Crippen LogP contribution in [0.4, 0.5) is 0 Å². The zero-order chi connectivity index (χ0) is 16.0. The molecule has 3 heteroatoms. The van der Waals surface area contributed by atoms with E-state index in [4.69, 9.17) is 4.98 Å².